The maximum Gasteiger partial charge on any atom is 0.269 e. The Morgan fingerprint density at radius 2 is 2.30 bits per heavy atom. The average molecular weight is 334 g/mol. The fourth-order valence-corrected chi connectivity index (χ4v) is 2.87. The second kappa shape index (κ2) is 7.12. The van der Waals surface area contributed by atoms with Crippen molar-refractivity contribution in [2.24, 2.45) is 0 Å². The smallest absolute Gasteiger partial charge is 0.269 e. The maximum atomic E-state index is 12.3. The van der Waals surface area contributed by atoms with Crippen LogP contribution in [0.2, 0.25) is 5.02 Å². The van der Waals surface area contributed by atoms with Gasteiger partial charge in [-0.2, -0.15) is 5.10 Å². The minimum absolute atomic E-state index is 0.158. The summed E-state index contributed by atoms with van der Waals surface area (Å²) < 4.78 is 0. The van der Waals surface area contributed by atoms with Crippen LogP contribution in [0.25, 0.3) is 11.3 Å². The van der Waals surface area contributed by atoms with Crippen LogP contribution in [0.5, 0.6) is 0 Å². The van der Waals surface area contributed by atoms with E-state index in [4.69, 9.17) is 11.6 Å². The van der Waals surface area contributed by atoms with E-state index in [1.54, 1.807) is 12.1 Å². The third kappa shape index (κ3) is 3.72. The highest BCUT2D eigenvalue weighted by Crippen LogP contribution is 2.26. The molecule has 2 heterocycles. The number of carbonyl (C=O) groups excluding carboxylic acids is 1. The van der Waals surface area contributed by atoms with Crippen molar-refractivity contribution >= 4 is 17.5 Å². The molecular weight excluding hydrogens is 314 g/mol. The van der Waals surface area contributed by atoms with Crippen molar-refractivity contribution in [2.45, 2.75) is 6.04 Å². The van der Waals surface area contributed by atoms with Crippen LogP contribution in [-0.4, -0.2) is 60.3 Å². The summed E-state index contributed by atoms with van der Waals surface area (Å²) in [7, 11) is 2.07. The molecule has 0 radical (unpaired) electrons. The number of aromatic nitrogens is 2. The van der Waals surface area contributed by atoms with Gasteiger partial charge in [-0.1, -0.05) is 29.8 Å². The van der Waals surface area contributed by atoms with E-state index in [2.05, 4.69) is 32.8 Å². The molecule has 7 heteroatoms. The summed E-state index contributed by atoms with van der Waals surface area (Å²) in [6, 6.07) is 9.46. The van der Waals surface area contributed by atoms with Gasteiger partial charge in [0.25, 0.3) is 5.91 Å². The first-order chi connectivity index (χ1) is 11.1. The molecule has 3 rings (SSSR count). The Morgan fingerprint density at radius 1 is 1.48 bits per heavy atom. The van der Waals surface area contributed by atoms with E-state index in [-0.39, 0.29) is 5.91 Å². The van der Waals surface area contributed by atoms with Crippen LogP contribution in [0.1, 0.15) is 10.5 Å². The molecule has 1 saturated heterocycles. The van der Waals surface area contributed by atoms with E-state index in [1.807, 2.05) is 18.2 Å². The van der Waals surface area contributed by atoms with Gasteiger partial charge in [0, 0.05) is 37.8 Å². The number of rotatable bonds is 4. The summed E-state index contributed by atoms with van der Waals surface area (Å²) in [4.78, 5) is 14.5. The zero-order chi connectivity index (χ0) is 16.2. The SMILES string of the molecule is CN1CCNCC1CNC(=O)c1cc(-c2ccccc2Cl)n[nH]1. The van der Waals surface area contributed by atoms with E-state index in [1.165, 1.54) is 0 Å². The molecule has 1 atom stereocenters. The van der Waals surface area contributed by atoms with Crippen molar-refractivity contribution in [3.63, 3.8) is 0 Å². The minimum Gasteiger partial charge on any atom is -0.349 e. The van der Waals surface area contributed by atoms with Crippen molar-refractivity contribution in [2.75, 3.05) is 33.2 Å². The average Bonchev–Trinajstić information content (AvgIpc) is 3.04. The standard InChI is InChI=1S/C16H20ClN5O/c1-22-7-6-18-9-11(22)10-19-16(23)15-8-14(20-21-15)12-4-2-3-5-13(12)17/h2-5,8,11,18H,6-7,9-10H2,1H3,(H,19,23)(H,20,21). The molecule has 0 bridgehead atoms. The van der Waals surface area contributed by atoms with E-state index < -0.39 is 0 Å². The Kier molecular flexibility index (Phi) is 4.95. The first kappa shape index (κ1) is 16.0. The van der Waals surface area contributed by atoms with Crippen molar-refractivity contribution in [1.82, 2.24) is 25.7 Å². The quantitative estimate of drug-likeness (QED) is 0.790. The molecule has 1 amide bonds. The highest BCUT2D eigenvalue weighted by Gasteiger charge is 2.20. The van der Waals surface area contributed by atoms with Crippen LogP contribution in [0.15, 0.2) is 30.3 Å². The minimum atomic E-state index is -0.158. The maximum absolute atomic E-state index is 12.3. The summed E-state index contributed by atoms with van der Waals surface area (Å²) in [6.45, 7) is 3.46. The molecule has 1 aromatic carbocycles. The Labute approximate surface area is 140 Å². The lowest BCUT2D eigenvalue weighted by molar-refractivity contribution is 0.0928. The van der Waals surface area contributed by atoms with E-state index in [9.17, 15) is 4.79 Å². The topological polar surface area (TPSA) is 73.0 Å². The molecule has 23 heavy (non-hydrogen) atoms. The van der Waals surface area contributed by atoms with Crippen LogP contribution in [0, 0.1) is 0 Å². The number of aromatic amines is 1. The third-order valence-corrected chi connectivity index (χ3v) is 4.44. The van der Waals surface area contributed by atoms with Gasteiger partial charge in [0.2, 0.25) is 0 Å². The number of nitrogens with zero attached hydrogens (tertiary/aromatic N) is 2. The van der Waals surface area contributed by atoms with Gasteiger partial charge in [0.15, 0.2) is 0 Å². The number of H-pyrrole nitrogens is 1. The number of nitrogens with one attached hydrogen (secondary N) is 3. The first-order valence-corrected chi connectivity index (χ1v) is 8.02. The summed E-state index contributed by atoms with van der Waals surface area (Å²) in [5.41, 5.74) is 1.91. The summed E-state index contributed by atoms with van der Waals surface area (Å²) >= 11 is 6.16. The molecule has 6 nitrogen and oxygen atoms in total. The number of likely N-dealkylation sites (N-methyl/N-ethyl adjacent to an activating group) is 1. The number of hydrogen-bond acceptors (Lipinski definition) is 4. The van der Waals surface area contributed by atoms with Gasteiger partial charge in [-0.25, -0.2) is 0 Å². The molecular formula is C16H20ClN5O. The second-order valence-corrected chi connectivity index (χ2v) is 6.10. The lowest BCUT2D eigenvalue weighted by Crippen LogP contribution is -2.53. The monoisotopic (exact) mass is 333 g/mol. The number of piperazine rings is 1. The van der Waals surface area contributed by atoms with Gasteiger partial charge in [-0.05, 0) is 19.2 Å². The molecule has 1 aliphatic heterocycles. The molecule has 0 saturated carbocycles. The fraction of sp³-hybridized carbons (Fsp3) is 0.375. The first-order valence-electron chi connectivity index (χ1n) is 7.64. The number of amides is 1. The molecule has 1 aromatic heterocycles. The predicted octanol–water partition coefficient (Wildman–Crippen LogP) is 1.36. The highest BCUT2D eigenvalue weighted by atomic mass is 35.5. The van der Waals surface area contributed by atoms with Gasteiger partial charge < -0.3 is 10.6 Å². The molecule has 1 fully saturated rings. The largest absolute Gasteiger partial charge is 0.349 e. The van der Waals surface area contributed by atoms with Crippen LogP contribution in [0.4, 0.5) is 0 Å². The van der Waals surface area contributed by atoms with Gasteiger partial charge in [0.05, 0.1) is 10.7 Å². The van der Waals surface area contributed by atoms with Gasteiger partial charge >= 0.3 is 0 Å². The van der Waals surface area contributed by atoms with Crippen LogP contribution in [0.3, 0.4) is 0 Å². The lowest BCUT2D eigenvalue weighted by Gasteiger charge is -2.33. The summed E-state index contributed by atoms with van der Waals surface area (Å²) in [5.74, 6) is -0.158. The van der Waals surface area contributed by atoms with Gasteiger partial charge in [0.1, 0.15) is 5.69 Å². The second-order valence-electron chi connectivity index (χ2n) is 5.70. The van der Waals surface area contributed by atoms with Crippen molar-refractivity contribution in [3.05, 3.63) is 41.0 Å². The number of halogens is 1. The number of benzene rings is 1. The molecule has 1 aliphatic rings. The van der Waals surface area contributed by atoms with Crippen LogP contribution in [-0.2, 0) is 0 Å². The van der Waals surface area contributed by atoms with Crippen LogP contribution < -0.4 is 10.6 Å². The molecule has 0 spiro atoms. The van der Waals surface area contributed by atoms with E-state index in [0.29, 0.717) is 29.0 Å². The Hall–Kier alpha value is -1.89. The highest BCUT2D eigenvalue weighted by molar-refractivity contribution is 6.33. The molecule has 1 unspecified atom stereocenters. The zero-order valence-corrected chi connectivity index (χ0v) is 13.7. The van der Waals surface area contributed by atoms with Crippen molar-refractivity contribution < 1.29 is 4.79 Å². The van der Waals surface area contributed by atoms with Gasteiger partial charge in [-0.3, -0.25) is 14.8 Å². The Morgan fingerprint density at radius 3 is 3.09 bits per heavy atom. The molecule has 122 valence electrons. The van der Waals surface area contributed by atoms with Crippen molar-refractivity contribution in [1.29, 1.82) is 0 Å². The van der Waals surface area contributed by atoms with Gasteiger partial charge in [-0.15, -0.1) is 0 Å². The number of hydrogen-bond donors (Lipinski definition) is 3. The number of carbonyl (C=O) groups is 1. The molecule has 0 aliphatic carbocycles. The zero-order valence-electron chi connectivity index (χ0n) is 13.0. The lowest BCUT2D eigenvalue weighted by atomic mass is 10.1. The summed E-state index contributed by atoms with van der Waals surface area (Å²) in [6.07, 6.45) is 0. The summed E-state index contributed by atoms with van der Waals surface area (Å²) in [5, 5.41) is 13.9. The van der Waals surface area contributed by atoms with E-state index in [0.717, 1.165) is 25.2 Å². The fourth-order valence-electron chi connectivity index (χ4n) is 2.64. The Bertz CT molecular complexity index is 687. The third-order valence-electron chi connectivity index (χ3n) is 4.12. The van der Waals surface area contributed by atoms with E-state index >= 15 is 0 Å². The molecule has 3 N–H and O–H groups in total. The molecule has 2 aromatic rings. The predicted molar refractivity (Wildman–Crippen MR) is 90.7 cm³/mol. The Balaban J connectivity index is 1.63. The normalized spacial score (nSPS) is 18.8. The van der Waals surface area contributed by atoms with Crippen molar-refractivity contribution in [3.8, 4) is 11.3 Å². The van der Waals surface area contributed by atoms with Crippen LogP contribution >= 0.6 is 11.6 Å².